The number of aromatic nitrogens is 1. The first-order valence-corrected chi connectivity index (χ1v) is 9.66. The van der Waals surface area contributed by atoms with Crippen molar-refractivity contribution in [2.75, 3.05) is 26.3 Å². The monoisotopic (exact) mass is 400 g/mol. The molecule has 26 heavy (non-hydrogen) atoms. The fourth-order valence-electron chi connectivity index (χ4n) is 2.46. The minimum atomic E-state index is -3.74. The summed E-state index contributed by atoms with van der Waals surface area (Å²) in [5.74, 6) is -0.151. The molecule has 2 heterocycles. The highest BCUT2D eigenvalue weighted by Gasteiger charge is 2.28. The van der Waals surface area contributed by atoms with E-state index in [1.807, 2.05) is 0 Å². The Bertz CT molecular complexity index is 905. The molecule has 0 unspecified atom stereocenters. The van der Waals surface area contributed by atoms with Crippen molar-refractivity contribution >= 4 is 27.6 Å². The number of sulfonamides is 1. The Morgan fingerprint density at radius 3 is 2.69 bits per heavy atom. The van der Waals surface area contributed by atoms with E-state index in [-0.39, 0.29) is 35.2 Å². The van der Waals surface area contributed by atoms with Crippen molar-refractivity contribution < 1.29 is 27.2 Å². The fourth-order valence-corrected chi connectivity index (χ4v) is 4.09. The number of morpholine rings is 1. The van der Waals surface area contributed by atoms with Gasteiger partial charge in [-0.15, -0.1) is 0 Å². The van der Waals surface area contributed by atoms with Crippen LogP contribution in [0.1, 0.15) is 21.8 Å². The standard InChI is InChI=1S/C16H17ClN2O6S/c1-11-8-12(18-25-11)10-24-16(20)14-9-13(2-3-15(14)17)26(21,22)19-4-6-23-7-5-19/h2-3,8-9H,4-7,10H2,1H3. The molecule has 8 nitrogen and oxygen atoms in total. The minimum Gasteiger partial charge on any atom is -0.455 e. The molecular weight excluding hydrogens is 384 g/mol. The van der Waals surface area contributed by atoms with Crippen LogP contribution >= 0.6 is 11.6 Å². The van der Waals surface area contributed by atoms with Crippen LogP contribution in [0, 0.1) is 6.92 Å². The number of hydrogen-bond donors (Lipinski definition) is 0. The lowest BCUT2D eigenvalue weighted by Crippen LogP contribution is -2.40. The lowest BCUT2D eigenvalue weighted by atomic mass is 10.2. The molecule has 140 valence electrons. The van der Waals surface area contributed by atoms with E-state index in [0.29, 0.717) is 24.7 Å². The Morgan fingerprint density at radius 1 is 1.31 bits per heavy atom. The Hall–Kier alpha value is -1.94. The van der Waals surface area contributed by atoms with Crippen molar-refractivity contribution in [2.45, 2.75) is 18.4 Å². The highest BCUT2D eigenvalue weighted by atomic mass is 35.5. The quantitative estimate of drug-likeness (QED) is 0.708. The van der Waals surface area contributed by atoms with Gasteiger partial charge in [0.1, 0.15) is 18.1 Å². The number of rotatable bonds is 5. The first-order valence-electron chi connectivity index (χ1n) is 7.84. The summed E-state index contributed by atoms with van der Waals surface area (Å²) < 4.78 is 41.9. The van der Waals surface area contributed by atoms with E-state index in [2.05, 4.69) is 5.16 Å². The summed E-state index contributed by atoms with van der Waals surface area (Å²) in [5.41, 5.74) is 0.422. The van der Waals surface area contributed by atoms with Crippen LogP contribution < -0.4 is 0 Å². The van der Waals surface area contributed by atoms with Gasteiger partial charge in [-0.05, 0) is 25.1 Å². The molecule has 1 aliphatic heterocycles. The molecule has 1 aromatic heterocycles. The van der Waals surface area contributed by atoms with Crippen LogP contribution in [-0.2, 0) is 26.1 Å². The van der Waals surface area contributed by atoms with Crippen LogP contribution in [0.25, 0.3) is 0 Å². The second-order valence-electron chi connectivity index (χ2n) is 5.66. The molecule has 10 heteroatoms. The van der Waals surface area contributed by atoms with Crippen LogP contribution in [0.4, 0.5) is 0 Å². The average Bonchev–Trinajstić information content (AvgIpc) is 3.06. The molecule has 3 rings (SSSR count). The molecule has 0 atom stereocenters. The van der Waals surface area contributed by atoms with Crippen LogP contribution in [0.15, 0.2) is 33.7 Å². The molecule has 1 saturated heterocycles. The molecule has 0 aliphatic carbocycles. The van der Waals surface area contributed by atoms with Crippen molar-refractivity contribution in [3.05, 3.63) is 46.3 Å². The van der Waals surface area contributed by atoms with Gasteiger partial charge < -0.3 is 14.0 Å². The number of benzene rings is 1. The number of aryl methyl sites for hydroxylation is 1. The third-order valence-corrected chi connectivity index (χ3v) is 6.02. The molecule has 1 aromatic carbocycles. The zero-order valence-electron chi connectivity index (χ0n) is 14.0. The third-order valence-electron chi connectivity index (χ3n) is 3.79. The zero-order valence-corrected chi connectivity index (χ0v) is 15.5. The summed E-state index contributed by atoms with van der Waals surface area (Å²) >= 11 is 6.05. The van der Waals surface area contributed by atoms with E-state index < -0.39 is 16.0 Å². The summed E-state index contributed by atoms with van der Waals surface area (Å²) in [7, 11) is -3.74. The van der Waals surface area contributed by atoms with E-state index in [4.69, 9.17) is 25.6 Å². The predicted octanol–water partition coefficient (Wildman–Crippen LogP) is 2.01. The van der Waals surface area contributed by atoms with E-state index in [1.165, 1.54) is 22.5 Å². The molecule has 0 radical (unpaired) electrons. The topological polar surface area (TPSA) is 98.9 Å². The lowest BCUT2D eigenvalue weighted by molar-refractivity contribution is 0.0464. The number of halogens is 1. The summed E-state index contributed by atoms with van der Waals surface area (Å²) in [6, 6.07) is 5.59. The smallest absolute Gasteiger partial charge is 0.340 e. The van der Waals surface area contributed by atoms with Crippen molar-refractivity contribution in [3.8, 4) is 0 Å². The fraction of sp³-hybridized carbons (Fsp3) is 0.375. The molecule has 2 aromatic rings. The number of nitrogens with zero attached hydrogens (tertiary/aromatic N) is 2. The Balaban J connectivity index is 1.79. The highest BCUT2D eigenvalue weighted by molar-refractivity contribution is 7.89. The Labute approximate surface area is 155 Å². The SMILES string of the molecule is Cc1cc(COC(=O)c2cc(S(=O)(=O)N3CCOCC3)ccc2Cl)no1. The van der Waals surface area contributed by atoms with E-state index in [9.17, 15) is 13.2 Å². The zero-order chi connectivity index (χ0) is 18.7. The molecule has 0 spiro atoms. The predicted molar refractivity (Wildman–Crippen MR) is 91.4 cm³/mol. The normalized spacial score (nSPS) is 15.8. The maximum Gasteiger partial charge on any atom is 0.340 e. The number of hydrogen-bond acceptors (Lipinski definition) is 7. The van der Waals surface area contributed by atoms with Gasteiger partial charge in [-0.2, -0.15) is 4.31 Å². The largest absolute Gasteiger partial charge is 0.455 e. The molecule has 0 N–H and O–H groups in total. The summed E-state index contributed by atoms with van der Waals surface area (Å²) in [6.45, 7) is 2.80. The first kappa shape index (κ1) is 18.8. The van der Waals surface area contributed by atoms with Crippen LogP contribution in [-0.4, -0.2) is 50.2 Å². The van der Waals surface area contributed by atoms with Gasteiger partial charge in [0.2, 0.25) is 10.0 Å². The van der Waals surface area contributed by atoms with Gasteiger partial charge in [-0.25, -0.2) is 13.2 Å². The molecule has 1 aliphatic rings. The van der Waals surface area contributed by atoms with Gasteiger partial charge >= 0.3 is 5.97 Å². The van der Waals surface area contributed by atoms with Gasteiger partial charge in [0.15, 0.2) is 0 Å². The van der Waals surface area contributed by atoms with Crippen LogP contribution in [0.2, 0.25) is 5.02 Å². The van der Waals surface area contributed by atoms with E-state index >= 15 is 0 Å². The molecule has 0 saturated carbocycles. The van der Waals surface area contributed by atoms with Crippen molar-refractivity contribution in [2.24, 2.45) is 0 Å². The molecule has 1 fully saturated rings. The lowest BCUT2D eigenvalue weighted by Gasteiger charge is -2.26. The van der Waals surface area contributed by atoms with Gasteiger partial charge in [-0.3, -0.25) is 0 Å². The van der Waals surface area contributed by atoms with Crippen molar-refractivity contribution in [1.29, 1.82) is 0 Å². The van der Waals surface area contributed by atoms with Crippen LogP contribution in [0.3, 0.4) is 0 Å². The Kier molecular flexibility index (Phi) is 5.61. The van der Waals surface area contributed by atoms with Gasteiger partial charge in [-0.1, -0.05) is 16.8 Å². The van der Waals surface area contributed by atoms with Gasteiger partial charge in [0, 0.05) is 19.2 Å². The van der Waals surface area contributed by atoms with Gasteiger partial charge in [0.25, 0.3) is 0 Å². The maximum atomic E-state index is 12.7. The van der Waals surface area contributed by atoms with E-state index in [0.717, 1.165) is 0 Å². The number of ether oxygens (including phenoxy) is 2. The number of esters is 1. The van der Waals surface area contributed by atoms with Crippen molar-refractivity contribution in [3.63, 3.8) is 0 Å². The maximum absolute atomic E-state index is 12.7. The van der Waals surface area contributed by atoms with Gasteiger partial charge in [0.05, 0.1) is 28.7 Å². The highest BCUT2D eigenvalue weighted by Crippen LogP contribution is 2.24. The minimum absolute atomic E-state index is 0.0203. The summed E-state index contributed by atoms with van der Waals surface area (Å²) in [4.78, 5) is 12.3. The average molecular weight is 401 g/mol. The van der Waals surface area contributed by atoms with Crippen LogP contribution in [0.5, 0.6) is 0 Å². The van der Waals surface area contributed by atoms with E-state index in [1.54, 1.807) is 13.0 Å². The van der Waals surface area contributed by atoms with Crippen molar-refractivity contribution in [1.82, 2.24) is 9.46 Å². The summed E-state index contributed by atoms with van der Waals surface area (Å²) in [5, 5.41) is 3.83. The third kappa shape index (κ3) is 4.07. The second-order valence-corrected chi connectivity index (χ2v) is 8.01. The number of carbonyl (C=O) groups is 1. The first-order chi connectivity index (χ1) is 12.4. The summed E-state index contributed by atoms with van der Waals surface area (Å²) in [6.07, 6.45) is 0. The second kappa shape index (κ2) is 7.75. The Morgan fingerprint density at radius 2 is 2.04 bits per heavy atom. The number of carbonyl (C=O) groups excluding carboxylic acids is 1. The molecular formula is C16H17ClN2O6S. The molecule has 0 bridgehead atoms. The molecule has 0 amide bonds.